The van der Waals surface area contributed by atoms with Crippen molar-refractivity contribution in [2.24, 2.45) is 5.73 Å². The molecule has 0 aliphatic carbocycles. The van der Waals surface area contributed by atoms with Crippen molar-refractivity contribution in [3.63, 3.8) is 0 Å². The van der Waals surface area contributed by atoms with Gasteiger partial charge in [0.25, 0.3) is 0 Å². The van der Waals surface area contributed by atoms with E-state index in [0.29, 0.717) is 6.10 Å². The third-order valence-electron chi connectivity index (χ3n) is 3.96. The van der Waals surface area contributed by atoms with Gasteiger partial charge in [0.1, 0.15) is 0 Å². The van der Waals surface area contributed by atoms with Gasteiger partial charge in [0, 0.05) is 38.4 Å². The van der Waals surface area contributed by atoms with Crippen LogP contribution in [0.15, 0.2) is 0 Å². The van der Waals surface area contributed by atoms with Gasteiger partial charge >= 0.3 is 0 Å². The molecule has 17 heavy (non-hydrogen) atoms. The molecular weight excluding hydrogens is 216 g/mol. The van der Waals surface area contributed by atoms with Crippen molar-refractivity contribution in [3.8, 4) is 0 Å². The molecule has 0 aromatic heterocycles. The molecule has 2 fully saturated rings. The van der Waals surface area contributed by atoms with Crippen LogP contribution in [0.5, 0.6) is 0 Å². The summed E-state index contributed by atoms with van der Waals surface area (Å²) in [5.74, 6) is 0. The highest BCUT2D eigenvalue weighted by Crippen LogP contribution is 2.20. The second kappa shape index (κ2) is 6.14. The van der Waals surface area contributed by atoms with Crippen LogP contribution in [-0.4, -0.2) is 56.0 Å². The molecule has 0 radical (unpaired) electrons. The van der Waals surface area contributed by atoms with Gasteiger partial charge in [-0.25, -0.2) is 0 Å². The van der Waals surface area contributed by atoms with Crippen molar-refractivity contribution in [2.45, 2.75) is 44.2 Å². The van der Waals surface area contributed by atoms with Gasteiger partial charge in [-0.05, 0) is 32.2 Å². The van der Waals surface area contributed by atoms with Gasteiger partial charge in [-0.2, -0.15) is 0 Å². The van der Waals surface area contributed by atoms with E-state index in [4.69, 9.17) is 15.2 Å². The first-order valence-corrected chi connectivity index (χ1v) is 6.92. The van der Waals surface area contributed by atoms with E-state index in [9.17, 15) is 0 Å². The zero-order valence-corrected chi connectivity index (χ0v) is 11.0. The first-order chi connectivity index (χ1) is 8.22. The van der Waals surface area contributed by atoms with E-state index in [-0.39, 0.29) is 5.54 Å². The number of hydrogen-bond acceptors (Lipinski definition) is 4. The van der Waals surface area contributed by atoms with E-state index >= 15 is 0 Å². The molecule has 2 saturated heterocycles. The highest BCUT2D eigenvalue weighted by Gasteiger charge is 2.31. The molecule has 2 heterocycles. The molecule has 100 valence electrons. The summed E-state index contributed by atoms with van der Waals surface area (Å²) < 4.78 is 11.1. The van der Waals surface area contributed by atoms with Crippen LogP contribution in [0.2, 0.25) is 0 Å². The number of nitrogens with two attached hydrogens (primary N) is 1. The standard InChI is InChI=1S/C13H26N2O2/c1-2-15(10-12-4-3-7-17-12)11-13(14)5-8-16-9-6-13/h12H,2-11,14H2,1H3. The summed E-state index contributed by atoms with van der Waals surface area (Å²) in [6.45, 7) is 7.84. The monoisotopic (exact) mass is 242 g/mol. The minimum atomic E-state index is -0.0487. The summed E-state index contributed by atoms with van der Waals surface area (Å²) >= 11 is 0. The van der Waals surface area contributed by atoms with Gasteiger partial charge in [0.05, 0.1) is 6.10 Å². The lowest BCUT2D eigenvalue weighted by molar-refractivity contribution is 0.0245. The third-order valence-corrected chi connectivity index (χ3v) is 3.96. The molecular formula is C13H26N2O2. The van der Waals surface area contributed by atoms with Crippen LogP contribution in [-0.2, 0) is 9.47 Å². The summed E-state index contributed by atoms with van der Waals surface area (Å²) in [7, 11) is 0. The van der Waals surface area contributed by atoms with Crippen LogP contribution in [0, 0.1) is 0 Å². The average Bonchev–Trinajstić information content (AvgIpc) is 2.81. The lowest BCUT2D eigenvalue weighted by atomic mass is 9.90. The average molecular weight is 242 g/mol. The molecule has 2 aliphatic rings. The van der Waals surface area contributed by atoms with E-state index in [1.807, 2.05) is 0 Å². The summed E-state index contributed by atoms with van der Waals surface area (Å²) in [5, 5.41) is 0. The van der Waals surface area contributed by atoms with Crippen molar-refractivity contribution >= 4 is 0 Å². The van der Waals surface area contributed by atoms with Gasteiger partial charge in [0.2, 0.25) is 0 Å². The molecule has 0 aromatic rings. The number of hydrogen-bond donors (Lipinski definition) is 1. The smallest absolute Gasteiger partial charge is 0.0702 e. The third kappa shape index (κ3) is 3.91. The van der Waals surface area contributed by atoms with Gasteiger partial charge in [-0.1, -0.05) is 6.92 Å². The number of nitrogens with zero attached hydrogens (tertiary/aromatic N) is 1. The largest absolute Gasteiger partial charge is 0.381 e. The molecule has 0 saturated carbocycles. The fourth-order valence-electron chi connectivity index (χ4n) is 2.76. The van der Waals surface area contributed by atoms with Crippen molar-refractivity contribution in [3.05, 3.63) is 0 Å². The van der Waals surface area contributed by atoms with Crippen LogP contribution >= 0.6 is 0 Å². The highest BCUT2D eigenvalue weighted by atomic mass is 16.5. The van der Waals surface area contributed by atoms with E-state index in [1.54, 1.807) is 0 Å². The second-order valence-electron chi connectivity index (χ2n) is 5.44. The molecule has 0 bridgehead atoms. The van der Waals surface area contributed by atoms with Gasteiger partial charge < -0.3 is 15.2 Å². The Morgan fingerprint density at radius 3 is 2.65 bits per heavy atom. The summed E-state index contributed by atoms with van der Waals surface area (Å²) in [5.41, 5.74) is 6.40. The molecule has 2 aliphatic heterocycles. The predicted molar refractivity (Wildman–Crippen MR) is 68.1 cm³/mol. The van der Waals surface area contributed by atoms with E-state index in [2.05, 4.69) is 11.8 Å². The first kappa shape index (κ1) is 13.3. The maximum absolute atomic E-state index is 6.45. The van der Waals surface area contributed by atoms with E-state index < -0.39 is 0 Å². The van der Waals surface area contributed by atoms with Crippen LogP contribution in [0.1, 0.15) is 32.6 Å². The molecule has 0 aromatic carbocycles. The molecule has 4 heteroatoms. The second-order valence-corrected chi connectivity index (χ2v) is 5.44. The van der Waals surface area contributed by atoms with Gasteiger partial charge in [-0.15, -0.1) is 0 Å². The SMILES string of the molecule is CCN(CC1CCCO1)CC1(N)CCOCC1. The Morgan fingerprint density at radius 2 is 2.06 bits per heavy atom. The van der Waals surface area contributed by atoms with Crippen molar-refractivity contribution in [2.75, 3.05) is 39.5 Å². The zero-order chi connectivity index (χ0) is 12.1. The van der Waals surface area contributed by atoms with Crippen LogP contribution in [0.4, 0.5) is 0 Å². The van der Waals surface area contributed by atoms with E-state index in [1.165, 1.54) is 12.8 Å². The Labute approximate surface area is 104 Å². The molecule has 1 unspecified atom stereocenters. The topological polar surface area (TPSA) is 47.7 Å². The fraction of sp³-hybridized carbons (Fsp3) is 1.00. The number of likely N-dealkylation sites (N-methyl/N-ethyl adjacent to an activating group) is 1. The predicted octanol–water partition coefficient (Wildman–Crippen LogP) is 0.995. The Kier molecular flexibility index (Phi) is 4.79. The van der Waals surface area contributed by atoms with Crippen LogP contribution in [0.25, 0.3) is 0 Å². The van der Waals surface area contributed by atoms with Crippen LogP contribution < -0.4 is 5.73 Å². The van der Waals surface area contributed by atoms with Crippen molar-refractivity contribution in [1.82, 2.24) is 4.90 Å². The van der Waals surface area contributed by atoms with Crippen LogP contribution in [0.3, 0.4) is 0 Å². The summed E-state index contributed by atoms with van der Waals surface area (Å²) in [4.78, 5) is 2.45. The Balaban J connectivity index is 1.80. The minimum Gasteiger partial charge on any atom is -0.381 e. The van der Waals surface area contributed by atoms with Crippen molar-refractivity contribution < 1.29 is 9.47 Å². The first-order valence-electron chi connectivity index (χ1n) is 6.92. The Bertz CT molecular complexity index is 223. The molecule has 0 amide bonds. The molecule has 0 spiro atoms. The summed E-state index contributed by atoms with van der Waals surface area (Å²) in [6, 6.07) is 0. The van der Waals surface area contributed by atoms with Gasteiger partial charge in [-0.3, -0.25) is 4.90 Å². The molecule has 4 nitrogen and oxygen atoms in total. The molecule has 2 N–H and O–H groups in total. The molecule has 1 atom stereocenters. The van der Waals surface area contributed by atoms with Gasteiger partial charge in [0.15, 0.2) is 0 Å². The summed E-state index contributed by atoms with van der Waals surface area (Å²) in [6.07, 6.45) is 4.81. The molecule has 2 rings (SSSR count). The lowest BCUT2D eigenvalue weighted by Crippen LogP contribution is -2.54. The Hall–Kier alpha value is -0.160. The maximum Gasteiger partial charge on any atom is 0.0702 e. The Morgan fingerprint density at radius 1 is 1.29 bits per heavy atom. The number of ether oxygens (including phenoxy) is 2. The highest BCUT2D eigenvalue weighted by molar-refractivity contribution is 4.90. The normalized spacial score (nSPS) is 28.8. The zero-order valence-electron chi connectivity index (χ0n) is 11.0. The fourth-order valence-corrected chi connectivity index (χ4v) is 2.76. The lowest BCUT2D eigenvalue weighted by Gasteiger charge is -2.38. The maximum atomic E-state index is 6.45. The minimum absolute atomic E-state index is 0.0487. The van der Waals surface area contributed by atoms with E-state index in [0.717, 1.165) is 52.3 Å². The quantitative estimate of drug-likeness (QED) is 0.781. The number of rotatable bonds is 5. The van der Waals surface area contributed by atoms with Crippen molar-refractivity contribution in [1.29, 1.82) is 0 Å².